The van der Waals surface area contributed by atoms with Crippen molar-refractivity contribution >= 4 is 5.69 Å². The lowest BCUT2D eigenvalue weighted by molar-refractivity contribution is 0.422. The van der Waals surface area contributed by atoms with Crippen LogP contribution in [0.3, 0.4) is 0 Å². The van der Waals surface area contributed by atoms with Gasteiger partial charge in [0.1, 0.15) is 12.0 Å². The summed E-state index contributed by atoms with van der Waals surface area (Å²) in [6.45, 7) is 2.20. The van der Waals surface area contributed by atoms with E-state index in [-0.39, 0.29) is 0 Å². The first-order valence-corrected chi connectivity index (χ1v) is 7.47. The standard InChI is InChI=1S/C18H19N3O/c1-14(4-5-15-3-2-11-19-13-15)20-17-8-6-16(7-9-17)18-10-12-22-21-18/h2-3,6-14,20H,4-5H2,1H3. The molecule has 0 radical (unpaired) electrons. The summed E-state index contributed by atoms with van der Waals surface area (Å²) in [7, 11) is 0. The van der Waals surface area contributed by atoms with E-state index in [4.69, 9.17) is 4.52 Å². The normalized spacial score (nSPS) is 12.0. The largest absolute Gasteiger partial charge is 0.383 e. The Bertz CT molecular complexity index is 678. The van der Waals surface area contributed by atoms with Crippen molar-refractivity contribution in [3.05, 3.63) is 66.7 Å². The Kier molecular flexibility index (Phi) is 4.49. The Labute approximate surface area is 130 Å². The van der Waals surface area contributed by atoms with Gasteiger partial charge in [-0.15, -0.1) is 0 Å². The Morgan fingerprint density at radius 1 is 1.14 bits per heavy atom. The van der Waals surface area contributed by atoms with Crippen LogP contribution < -0.4 is 5.32 Å². The predicted molar refractivity (Wildman–Crippen MR) is 87.6 cm³/mol. The van der Waals surface area contributed by atoms with E-state index in [0.717, 1.165) is 29.8 Å². The van der Waals surface area contributed by atoms with Crippen LogP contribution in [0.4, 0.5) is 5.69 Å². The highest BCUT2D eigenvalue weighted by atomic mass is 16.5. The smallest absolute Gasteiger partial charge is 0.124 e. The maximum atomic E-state index is 4.87. The molecule has 112 valence electrons. The fraction of sp³-hybridized carbons (Fsp3) is 0.222. The van der Waals surface area contributed by atoms with Crippen LogP contribution in [0.1, 0.15) is 18.9 Å². The number of nitrogens with zero attached hydrogens (tertiary/aromatic N) is 2. The van der Waals surface area contributed by atoms with Crippen LogP contribution in [0.15, 0.2) is 65.6 Å². The first-order valence-electron chi connectivity index (χ1n) is 7.47. The number of anilines is 1. The Morgan fingerprint density at radius 2 is 2.00 bits per heavy atom. The molecule has 0 saturated heterocycles. The average molecular weight is 293 g/mol. The molecule has 0 bridgehead atoms. The van der Waals surface area contributed by atoms with Crippen LogP contribution in [0.2, 0.25) is 0 Å². The highest BCUT2D eigenvalue weighted by Gasteiger charge is 2.05. The molecule has 0 amide bonds. The van der Waals surface area contributed by atoms with E-state index in [2.05, 4.69) is 40.6 Å². The first kappa shape index (κ1) is 14.3. The van der Waals surface area contributed by atoms with Crippen LogP contribution >= 0.6 is 0 Å². The zero-order valence-electron chi connectivity index (χ0n) is 12.6. The summed E-state index contributed by atoms with van der Waals surface area (Å²) in [4.78, 5) is 4.15. The van der Waals surface area contributed by atoms with E-state index in [1.54, 1.807) is 6.26 Å². The molecule has 4 heteroatoms. The molecule has 2 heterocycles. The maximum absolute atomic E-state index is 4.87. The van der Waals surface area contributed by atoms with Crippen LogP contribution in [0.25, 0.3) is 11.3 Å². The molecule has 3 rings (SSSR count). The lowest BCUT2D eigenvalue weighted by Crippen LogP contribution is -2.15. The molecule has 1 unspecified atom stereocenters. The quantitative estimate of drug-likeness (QED) is 0.741. The molecule has 22 heavy (non-hydrogen) atoms. The molecule has 0 aliphatic carbocycles. The van der Waals surface area contributed by atoms with Gasteiger partial charge in [-0.3, -0.25) is 4.98 Å². The van der Waals surface area contributed by atoms with Gasteiger partial charge in [-0.05, 0) is 43.5 Å². The zero-order valence-corrected chi connectivity index (χ0v) is 12.6. The summed E-state index contributed by atoms with van der Waals surface area (Å²) in [5.74, 6) is 0. The molecule has 4 nitrogen and oxygen atoms in total. The number of rotatable bonds is 6. The molecule has 0 aliphatic rings. The van der Waals surface area contributed by atoms with Crippen LogP contribution in [0, 0.1) is 0 Å². The molecular weight excluding hydrogens is 274 g/mol. The SMILES string of the molecule is CC(CCc1cccnc1)Nc1ccc(-c2ccon2)cc1. The van der Waals surface area contributed by atoms with Crippen LogP contribution in [0.5, 0.6) is 0 Å². The molecule has 1 atom stereocenters. The van der Waals surface area contributed by atoms with Gasteiger partial charge in [0.15, 0.2) is 0 Å². The van der Waals surface area contributed by atoms with Gasteiger partial charge in [0.25, 0.3) is 0 Å². The van der Waals surface area contributed by atoms with E-state index >= 15 is 0 Å². The van der Waals surface area contributed by atoms with Crippen molar-refractivity contribution in [1.29, 1.82) is 0 Å². The van der Waals surface area contributed by atoms with Crippen molar-refractivity contribution in [1.82, 2.24) is 10.1 Å². The number of hydrogen-bond acceptors (Lipinski definition) is 4. The predicted octanol–water partition coefficient (Wildman–Crippen LogP) is 4.17. The topological polar surface area (TPSA) is 51.0 Å². The van der Waals surface area contributed by atoms with Gasteiger partial charge < -0.3 is 9.84 Å². The number of pyridine rings is 1. The summed E-state index contributed by atoms with van der Waals surface area (Å²) in [5, 5.41) is 7.46. The molecule has 1 N–H and O–H groups in total. The molecule has 0 aliphatic heterocycles. The third-order valence-electron chi connectivity index (χ3n) is 3.62. The van der Waals surface area contributed by atoms with Crippen LogP contribution in [-0.2, 0) is 6.42 Å². The van der Waals surface area contributed by atoms with Gasteiger partial charge in [0.2, 0.25) is 0 Å². The Balaban J connectivity index is 1.54. The maximum Gasteiger partial charge on any atom is 0.124 e. The summed E-state index contributed by atoms with van der Waals surface area (Å²) < 4.78 is 4.87. The summed E-state index contributed by atoms with van der Waals surface area (Å²) in [6.07, 6.45) is 7.42. The van der Waals surface area contributed by atoms with E-state index in [0.29, 0.717) is 6.04 Å². The van der Waals surface area contributed by atoms with E-state index < -0.39 is 0 Å². The second-order valence-electron chi connectivity index (χ2n) is 5.41. The third-order valence-corrected chi connectivity index (χ3v) is 3.62. The van der Waals surface area contributed by atoms with Gasteiger partial charge in [-0.1, -0.05) is 23.4 Å². The number of aromatic nitrogens is 2. The van der Waals surface area contributed by atoms with Gasteiger partial charge >= 0.3 is 0 Å². The minimum Gasteiger partial charge on any atom is -0.383 e. The van der Waals surface area contributed by atoms with E-state index in [1.807, 2.05) is 36.7 Å². The molecule has 0 spiro atoms. The highest BCUT2D eigenvalue weighted by Crippen LogP contribution is 2.20. The average Bonchev–Trinajstić information content (AvgIpc) is 3.09. The summed E-state index contributed by atoms with van der Waals surface area (Å²) in [6, 6.07) is 14.6. The Morgan fingerprint density at radius 3 is 2.68 bits per heavy atom. The highest BCUT2D eigenvalue weighted by molar-refractivity contribution is 5.62. The number of hydrogen-bond donors (Lipinski definition) is 1. The van der Waals surface area contributed by atoms with Crippen molar-refractivity contribution in [3.63, 3.8) is 0 Å². The van der Waals surface area contributed by atoms with Gasteiger partial charge in [0.05, 0.1) is 0 Å². The van der Waals surface area contributed by atoms with E-state index in [1.165, 1.54) is 5.56 Å². The molecule has 2 aromatic heterocycles. The number of aryl methyl sites for hydroxylation is 1. The van der Waals surface area contributed by atoms with Gasteiger partial charge in [0, 0.05) is 35.8 Å². The van der Waals surface area contributed by atoms with Gasteiger partial charge in [-0.2, -0.15) is 0 Å². The van der Waals surface area contributed by atoms with Crippen molar-refractivity contribution in [2.75, 3.05) is 5.32 Å². The summed E-state index contributed by atoms with van der Waals surface area (Å²) in [5.41, 5.74) is 4.31. The monoisotopic (exact) mass is 293 g/mol. The fourth-order valence-corrected chi connectivity index (χ4v) is 2.38. The number of nitrogens with one attached hydrogen (secondary N) is 1. The van der Waals surface area contributed by atoms with Crippen molar-refractivity contribution in [3.8, 4) is 11.3 Å². The second kappa shape index (κ2) is 6.89. The van der Waals surface area contributed by atoms with Crippen molar-refractivity contribution < 1.29 is 4.52 Å². The van der Waals surface area contributed by atoms with Crippen LogP contribution in [-0.4, -0.2) is 16.2 Å². The molecule has 3 aromatic rings. The molecular formula is C18H19N3O. The van der Waals surface area contributed by atoms with Crippen molar-refractivity contribution in [2.45, 2.75) is 25.8 Å². The van der Waals surface area contributed by atoms with E-state index in [9.17, 15) is 0 Å². The minimum absolute atomic E-state index is 0.401. The first-order chi connectivity index (χ1) is 10.8. The second-order valence-corrected chi connectivity index (χ2v) is 5.41. The molecule has 0 saturated carbocycles. The lowest BCUT2D eigenvalue weighted by atomic mass is 10.1. The molecule has 0 fully saturated rings. The lowest BCUT2D eigenvalue weighted by Gasteiger charge is -2.15. The van der Waals surface area contributed by atoms with Gasteiger partial charge in [-0.25, -0.2) is 0 Å². The number of benzene rings is 1. The fourth-order valence-electron chi connectivity index (χ4n) is 2.38. The zero-order chi connectivity index (χ0) is 15.2. The van der Waals surface area contributed by atoms with Crippen molar-refractivity contribution in [2.24, 2.45) is 0 Å². The summed E-state index contributed by atoms with van der Waals surface area (Å²) >= 11 is 0. The third kappa shape index (κ3) is 3.73. The minimum atomic E-state index is 0.401. The molecule has 1 aromatic carbocycles. The Hall–Kier alpha value is -2.62.